The molecule has 21 heavy (non-hydrogen) atoms. The molecule has 112 valence electrons. The number of rotatable bonds is 4. The topological polar surface area (TPSA) is 80.0 Å². The normalized spacial score (nSPS) is 12.2. The average Bonchev–Trinajstić information content (AvgIpc) is 2.82. The van der Waals surface area contributed by atoms with E-state index in [2.05, 4.69) is 83.4 Å². The van der Waals surface area contributed by atoms with Crippen molar-refractivity contribution in [1.82, 2.24) is 15.0 Å². The summed E-state index contributed by atoms with van der Waals surface area (Å²) >= 11 is 6.63. The fraction of sp³-hybridized carbons (Fsp3) is 0.250. The summed E-state index contributed by atoms with van der Waals surface area (Å²) in [4.78, 5) is 12.1. The largest absolute Gasteiger partial charge is 0.387 e. The Morgan fingerprint density at radius 1 is 1.38 bits per heavy atom. The number of carbonyl (C=O) groups is 1. The average molecular weight is 624 g/mol. The van der Waals surface area contributed by atoms with Crippen molar-refractivity contribution in [2.75, 3.05) is 5.32 Å². The number of aliphatic hydroxyl groups excluding tert-OH is 1. The van der Waals surface area contributed by atoms with Crippen LogP contribution >= 0.6 is 67.8 Å². The van der Waals surface area contributed by atoms with Crippen LogP contribution in [-0.4, -0.2) is 26.0 Å². The summed E-state index contributed by atoms with van der Waals surface area (Å²) in [5.41, 5.74) is 1.25. The van der Waals surface area contributed by atoms with Crippen LogP contribution in [0.4, 0.5) is 5.69 Å². The molecular formula is C12H11I3N4O2. The Kier molecular flexibility index (Phi) is 6.19. The second-order valence-corrected chi connectivity index (χ2v) is 7.88. The van der Waals surface area contributed by atoms with E-state index in [1.165, 1.54) is 4.68 Å². The lowest BCUT2D eigenvalue weighted by atomic mass is 10.3. The van der Waals surface area contributed by atoms with Crippen LogP contribution in [0.2, 0.25) is 0 Å². The van der Waals surface area contributed by atoms with E-state index in [4.69, 9.17) is 0 Å². The summed E-state index contributed by atoms with van der Waals surface area (Å²) in [6.45, 7) is 1.66. The molecule has 1 aromatic heterocycles. The van der Waals surface area contributed by atoms with E-state index in [0.717, 1.165) is 16.4 Å². The molecule has 0 aliphatic heterocycles. The maximum Gasteiger partial charge on any atom is 0.246 e. The highest BCUT2D eigenvalue weighted by Crippen LogP contribution is 2.27. The zero-order chi connectivity index (χ0) is 15.6. The van der Waals surface area contributed by atoms with Crippen LogP contribution in [-0.2, 0) is 11.3 Å². The van der Waals surface area contributed by atoms with Gasteiger partial charge in [-0.15, -0.1) is 5.10 Å². The van der Waals surface area contributed by atoms with Gasteiger partial charge in [0.25, 0.3) is 0 Å². The van der Waals surface area contributed by atoms with Crippen LogP contribution in [0.25, 0.3) is 0 Å². The Labute approximate surface area is 162 Å². The number of aliphatic hydroxyl groups is 1. The number of carbonyl (C=O) groups excluding carboxylic acids is 1. The van der Waals surface area contributed by atoms with Crippen molar-refractivity contribution in [3.63, 3.8) is 0 Å². The highest BCUT2D eigenvalue weighted by atomic mass is 127. The lowest BCUT2D eigenvalue weighted by molar-refractivity contribution is -0.116. The van der Waals surface area contributed by atoms with E-state index < -0.39 is 6.10 Å². The number of hydrogen-bond donors (Lipinski definition) is 2. The van der Waals surface area contributed by atoms with Crippen LogP contribution in [0.15, 0.2) is 18.3 Å². The monoisotopic (exact) mass is 624 g/mol. The van der Waals surface area contributed by atoms with Crippen molar-refractivity contribution in [3.05, 3.63) is 34.7 Å². The van der Waals surface area contributed by atoms with Crippen LogP contribution in [0.1, 0.15) is 18.7 Å². The SMILES string of the molecule is CC(O)c1cn(CC(=O)Nc2c(I)cc(I)cc2I)nn1. The number of aromatic nitrogens is 3. The number of amides is 1. The van der Waals surface area contributed by atoms with Crippen molar-refractivity contribution in [2.24, 2.45) is 0 Å². The van der Waals surface area contributed by atoms with E-state index in [0.29, 0.717) is 5.69 Å². The number of nitrogens with zero attached hydrogens (tertiary/aromatic N) is 3. The molecule has 0 spiro atoms. The Bertz CT molecular complexity index is 649. The second-order valence-electron chi connectivity index (χ2n) is 4.31. The van der Waals surface area contributed by atoms with Gasteiger partial charge in [0.1, 0.15) is 12.2 Å². The van der Waals surface area contributed by atoms with Crippen molar-refractivity contribution < 1.29 is 9.90 Å². The predicted molar refractivity (Wildman–Crippen MR) is 104 cm³/mol. The molecule has 9 heteroatoms. The van der Waals surface area contributed by atoms with Gasteiger partial charge in [-0.05, 0) is 86.8 Å². The molecule has 1 unspecified atom stereocenters. The molecule has 2 N–H and O–H groups in total. The van der Waals surface area contributed by atoms with E-state index in [9.17, 15) is 9.90 Å². The molecule has 0 radical (unpaired) electrons. The van der Waals surface area contributed by atoms with E-state index >= 15 is 0 Å². The minimum absolute atomic E-state index is 0.0534. The fourth-order valence-electron chi connectivity index (χ4n) is 1.57. The highest BCUT2D eigenvalue weighted by molar-refractivity contribution is 14.1. The first kappa shape index (κ1) is 17.3. The maximum absolute atomic E-state index is 12.1. The first-order chi connectivity index (χ1) is 9.86. The van der Waals surface area contributed by atoms with Crippen LogP contribution in [0.3, 0.4) is 0 Å². The first-order valence-corrected chi connectivity index (χ1v) is 9.13. The minimum atomic E-state index is -0.695. The Morgan fingerprint density at radius 3 is 2.52 bits per heavy atom. The number of benzene rings is 1. The minimum Gasteiger partial charge on any atom is -0.387 e. The van der Waals surface area contributed by atoms with Gasteiger partial charge in [-0.25, -0.2) is 4.68 Å². The van der Waals surface area contributed by atoms with Gasteiger partial charge < -0.3 is 10.4 Å². The molecule has 6 nitrogen and oxygen atoms in total. The van der Waals surface area contributed by atoms with Crippen LogP contribution in [0, 0.1) is 10.7 Å². The van der Waals surface area contributed by atoms with Gasteiger partial charge in [-0.3, -0.25) is 4.79 Å². The maximum atomic E-state index is 12.1. The van der Waals surface area contributed by atoms with Gasteiger partial charge in [-0.1, -0.05) is 5.21 Å². The third-order valence-corrected chi connectivity index (χ3v) is 4.89. The molecule has 2 aromatic rings. The molecule has 0 saturated carbocycles. The second kappa shape index (κ2) is 7.50. The molecule has 1 atom stereocenters. The molecule has 1 aromatic carbocycles. The molecule has 1 heterocycles. The van der Waals surface area contributed by atoms with Crippen molar-refractivity contribution in [3.8, 4) is 0 Å². The predicted octanol–water partition coefficient (Wildman–Crippen LogP) is 2.78. The zero-order valence-corrected chi connectivity index (χ0v) is 17.3. The van der Waals surface area contributed by atoms with Crippen LogP contribution < -0.4 is 5.32 Å². The van der Waals surface area contributed by atoms with Gasteiger partial charge in [-0.2, -0.15) is 0 Å². The molecule has 0 aliphatic rings. The molecular weight excluding hydrogens is 613 g/mol. The summed E-state index contributed by atoms with van der Waals surface area (Å²) in [7, 11) is 0. The summed E-state index contributed by atoms with van der Waals surface area (Å²) in [6.07, 6.45) is 0.869. The third-order valence-electron chi connectivity index (χ3n) is 2.56. The van der Waals surface area contributed by atoms with E-state index in [-0.39, 0.29) is 12.5 Å². The molecule has 0 saturated heterocycles. The smallest absolute Gasteiger partial charge is 0.246 e. The van der Waals surface area contributed by atoms with Crippen molar-refractivity contribution in [2.45, 2.75) is 19.6 Å². The van der Waals surface area contributed by atoms with Crippen molar-refractivity contribution in [1.29, 1.82) is 0 Å². The van der Waals surface area contributed by atoms with Gasteiger partial charge in [0.15, 0.2) is 0 Å². The number of anilines is 1. The third kappa shape index (κ3) is 4.72. The first-order valence-electron chi connectivity index (χ1n) is 5.89. The molecule has 1 amide bonds. The van der Waals surface area contributed by atoms with Gasteiger partial charge in [0.05, 0.1) is 18.0 Å². The Hall–Kier alpha value is -0.0200. The number of hydrogen-bond acceptors (Lipinski definition) is 4. The molecule has 0 fully saturated rings. The van der Waals surface area contributed by atoms with Crippen LogP contribution in [0.5, 0.6) is 0 Å². The lowest BCUT2D eigenvalue weighted by Gasteiger charge is -2.10. The standard InChI is InChI=1S/C12H11I3N4O2/c1-6(20)10-4-19(18-17-10)5-11(21)16-12-8(14)2-7(13)3-9(12)15/h2-4,6,20H,5H2,1H3,(H,16,21). The number of nitrogens with one attached hydrogen (secondary N) is 1. The Balaban J connectivity index is 2.08. The van der Waals surface area contributed by atoms with Gasteiger partial charge in [0, 0.05) is 10.7 Å². The molecule has 0 bridgehead atoms. The summed E-state index contributed by atoms with van der Waals surface area (Å²) in [5.74, 6) is -0.186. The molecule has 0 aliphatic carbocycles. The Morgan fingerprint density at radius 2 is 2.00 bits per heavy atom. The summed E-state index contributed by atoms with van der Waals surface area (Å²) < 4.78 is 4.50. The lowest BCUT2D eigenvalue weighted by Crippen LogP contribution is -2.20. The van der Waals surface area contributed by atoms with E-state index in [1.807, 2.05) is 12.1 Å². The van der Waals surface area contributed by atoms with E-state index in [1.54, 1.807) is 13.1 Å². The number of halogens is 3. The zero-order valence-electron chi connectivity index (χ0n) is 10.8. The highest BCUT2D eigenvalue weighted by Gasteiger charge is 2.13. The quantitative estimate of drug-likeness (QED) is 0.514. The summed E-state index contributed by atoms with van der Waals surface area (Å²) in [6, 6.07) is 4.00. The fourth-order valence-corrected chi connectivity index (χ4v) is 5.42. The summed E-state index contributed by atoms with van der Waals surface area (Å²) in [5, 5.41) is 19.9. The molecule has 2 rings (SSSR count). The van der Waals surface area contributed by atoms with Crippen molar-refractivity contribution >= 4 is 79.4 Å². The van der Waals surface area contributed by atoms with Gasteiger partial charge >= 0.3 is 0 Å². The van der Waals surface area contributed by atoms with Gasteiger partial charge in [0.2, 0.25) is 5.91 Å².